The van der Waals surface area contributed by atoms with Crippen LogP contribution in [0.25, 0.3) is 0 Å². The fourth-order valence-corrected chi connectivity index (χ4v) is 4.36. The molecule has 1 aromatic carbocycles. The van der Waals surface area contributed by atoms with Crippen LogP contribution in [0.1, 0.15) is 84.5 Å². The van der Waals surface area contributed by atoms with Gasteiger partial charge in [0, 0.05) is 37.4 Å². The second-order valence-corrected chi connectivity index (χ2v) is 11.1. The maximum Gasteiger partial charge on any atom is 0.253 e. The lowest BCUT2D eigenvalue weighted by Crippen LogP contribution is -2.35. The Morgan fingerprint density at radius 1 is 1.13 bits per heavy atom. The Balaban J connectivity index is 2.16. The van der Waals surface area contributed by atoms with Gasteiger partial charge in [-0.2, -0.15) is 0 Å². The van der Waals surface area contributed by atoms with Crippen LogP contribution in [0.3, 0.4) is 0 Å². The highest BCUT2D eigenvalue weighted by Crippen LogP contribution is 2.30. The molecule has 1 fully saturated rings. The van der Waals surface area contributed by atoms with Crippen LogP contribution in [-0.4, -0.2) is 31.4 Å². The highest BCUT2D eigenvalue weighted by atomic mass is 16.2. The Hall–Kier alpha value is -2.04. The highest BCUT2D eigenvalue weighted by molar-refractivity contribution is 6.02. The van der Waals surface area contributed by atoms with Crippen molar-refractivity contribution in [2.75, 3.05) is 29.9 Å². The van der Waals surface area contributed by atoms with E-state index in [0.717, 1.165) is 44.0 Å². The third-order valence-corrected chi connectivity index (χ3v) is 5.81. The van der Waals surface area contributed by atoms with Crippen LogP contribution >= 0.6 is 0 Å². The molecule has 2 amide bonds. The molecule has 1 aliphatic heterocycles. The molecule has 1 atom stereocenters. The standard InChI is InChI=1S/C26H43N3O2/c1-18(2)17-27-25(31)22-15-21(28-24(30)14-20(4)16-26(5,6)7)8-9-23(22)29-12-10-19(3)11-13-29/h8-9,15,18-20H,10-14,16-17H2,1-7H3,(H,27,31)(H,28,30)/t20-/m1/s1. The van der Waals surface area contributed by atoms with Gasteiger partial charge in [-0.3, -0.25) is 9.59 Å². The van der Waals surface area contributed by atoms with Gasteiger partial charge in [0.1, 0.15) is 0 Å². The molecule has 0 spiro atoms. The van der Waals surface area contributed by atoms with Crippen LogP contribution in [0.5, 0.6) is 0 Å². The summed E-state index contributed by atoms with van der Waals surface area (Å²) in [5.41, 5.74) is 2.51. The van der Waals surface area contributed by atoms with Crippen LogP contribution < -0.4 is 15.5 Å². The molecule has 1 heterocycles. The molecule has 0 saturated carbocycles. The smallest absolute Gasteiger partial charge is 0.253 e. The maximum atomic E-state index is 13.0. The first kappa shape index (κ1) is 25.2. The summed E-state index contributed by atoms with van der Waals surface area (Å²) in [6, 6.07) is 5.77. The minimum atomic E-state index is -0.0699. The van der Waals surface area contributed by atoms with Crippen LogP contribution in [-0.2, 0) is 4.79 Å². The Kier molecular flexibility index (Phi) is 8.96. The Morgan fingerprint density at radius 3 is 2.35 bits per heavy atom. The van der Waals surface area contributed by atoms with Crippen molar-refractivity contribution >= 4 is 23.2 Å². The van der Waals surface area contributed by atoms with E-state index in [9.17, 15) is 9.59 Å². The van der Waals surface area contributed by atoms with Crippen LogP contribution in [0.2, 0.25) is 0 Å². The van der Waals surface area contributed by atoms with E-state index in [1.54, 1.807) is 0 Å². The van der Waals surface area contributed by atoms with Crippen molar-refractivity contribution in [3.63, 3.8) is 0 Å². The Bertz CT molecular complexity index is 744. The fourth-order valence-electron chi connectivity index (χ4n) is 4.36. The highest BCUT2D eigenvalue weighted by Gasteiger charge is 2.22. The van der Waals surface area contributed by atoms with Gasteiger partial charge in [0.15, 0.2) is 0 Å². The second kappa shape index (κ2) is 11.0. The normalized spacial score (nSPS) is 16.3. The van der Waals surface area contributed by atoms with Crippen molar-refractivity contribution in [1.82, 2.24) is 5.32 Å². The van der Waals surface area contributed by atoms with E-state index in [-0.39, 0.29) is 17.2 Å². The molecule has 174 valence electrons. The monoisotopic (exact) mass is 429 g/mol. The minimum absolute atomic E-state index is 0.00448. The van der Waals surface area contributed by atoms with Gasteiger partial charge in [-0.05, 0) is 60.6 Å². The molecule has 0 aromatic heterocycles. The Morgan fingerprint density at radius 2 is 1.77 bits per heavy atom. The molecule has 2 rings (SSSR count). The third kappa shape index (κ3) is 8.54. The molecule has 31 heavy (non-hydrogen) atoms. The van der Waals surface area contributed by atoms with Crippen molar-refractivity contribution in [3.8, 4) is 0 Å². The van der Waals surface area contributed by atoms with Gasteiger partial charge < -0.3 is 15.5 Å². The fraction of sp³-hybridized carbons (Fsp3) is 0.692. The zero-order chi connectivity index (χ0) is 23.2. The number of anilines is 2. The molecule has 0 radical (unpaired) electrons. The number of nitrogens with one attached hydrogen (secondary N) is 2. The zero-order valence-corrected chi connectivity index (χ0v) is 20.7. The first-order chi connectivity index (χ1) is 14.4. The van der Waals surface area contributed by atoms with Gasteiger partial charge in [-0.15, -0.1) is 0 Å². The van der Waals surface area contributed by atoms with E-state index >= 15 is 0 Å². The third-order valence-electron chi connectivity index (χ3n) is 5.81. The number of rotatable bonds is 8. The summed E-state index contributed by atoms with van der Waals surface area (Å²) in [5, 5.41) is 6.07. The van der Waals surface area contributed by atoms with Crippen molar-refractivity contribution in [2.24, 2.45) is 23.2 Å². The summed E-state index contributed by atoms with van der Waals surface area (Å²) >= 11 is 0. The average molecular weight is 430 g/mol. The molecular formula is C26H43N3O2. The van der Waals surface area contributed by atoms with E-state index in [1.807, 2.05) is 18.2 Å². The topological polar surface area (TPSA) is 61.4 Å². The summed E-state index contributed by atoms with van der Waals surface area (Å²) in [6.45, 7) is 17.7. The zero-order valence-electron chi connectivity index (χ0n) is 20.7. The summed E-state index contributed by atoms with van der Waals surface area (Å²) < 4.78 is 0. The van der Waals surface area contributed by atoms with Crippen molar-refractivity contribution < 1.29 is 9.59 Å². The SMILES string of the molecule is CC(C)CNC(=O)c1cc(NC(=O)C[C@@H](C)CC(C)(C)C)ccc1N1CCC(C)CC1. The van der Waals surface area contributed by atoms with E-state index in [2.05, 4.69) is 64.0 Å². The number of nitrogens with zero attached hydrogens (tertiary/aromatic N) is 1. The summed E-state index contributed by atoms with van der Waals surface area (Å²) in [4.78, 5) is 27.9. The summed E-state index contributed by atoms with van der Waals surface area (Å²) in [5.74, 6) is 1.35. The maximum absolute atomic E-state index is 13.0. The molecular weight excluding hydrogens is 386 g/mol. The molecule has 1 saturated heterocycles. The van der Waals surface area contributed by atoms with Gasteiger partial charge >= 0.3 is 0 Å². The molecule has 1 aromatic rings. The lowest BCUT2D eigenvalue weighted by Gasteiger charge is -2.33. The number of amides is 2. The van der Waals surface area contributed by atoms with Crippen molar-refractivity contribution in [1.29, 1.82) is 0 Å². The number of hydrogen-bond donors (Lipinski definition) is 2. The van der Waals surface area contributed by atoms with E-state index in [4.69, 9.17) is 0 Å². The first-order valence-electron chi connectivity index (χ1n) is 11.9. The lowest BCUT2D eigenvalue weighted by molar-refractivity contribution is -0.117. The number of piperidine rings is 1. The van der Waals surface area contributed by atoms with E-state index in [0.29, 0.717) is 36.1 Å². The van der Waals surface area contributed by atoms with Gasteiger partial charge in [-0.25, -0.2) is 0 Å². The summed E-state index contributed by atoms with van der Waals surface area (Å²) in [7, 11) is 0. The lowest BCUT2D eigenvalue weighted by atomic mass is 9.84. The first-order valence-corrected chi connectivity index (χ1v) is 11.9. The van der Waals surface area contributed by atoms with Crippen LogP contribution in [0, 0.1) is 23.2 Å². The van der Waals surface area contributed by atoms with Crippen LogP contribution in [0.4, 0.5) is 11.4 Å². The van der Waals surface area contributed by atoms with Crippen molar-refractivity contribution in [2.45, 2.75) is 74.1 Å². The largest absolute Gasteiger partial charge is 0.371 e. The van der Waals surface area contributed by atoms with Gasteiger partial charge in [0.05, 0.1) is 5.56 Å². The predicted octanol–water partition coefficient (Wildman–Crippen LogP) is 5.71. The Labute approximate surface area is 189 Å². The molecule has 0 unspecified atom stereocenters. The van der Waals surface area contributed by atoms with Gasteiger partial charge in [-0.1, -0.05) is 48.5 Å². The molecule has 1 aliphatic rings. The molecule has 5 nitrogen and oxygen atoms in total. The molecule has 5 heteroatoms. The van der Waals surface area contributed by atoms with E-state index < -0.39 is 0 Å². The molecule has 0 aliphatic carbocycles. The molecule has 0 bridgehead atoms. The van der Waals surface area contributed by atoms with Crippen LogP contribution in [0.15, 0.2) is 18.2 Å². The molecule has 2 N–H and O–H groups in total. The van der Waals surface area contributed by atoms with Gasteiger partial charge in [0.2, 0.25) is 5.91 Å². The second-order valence-electron chi connectivity index (χ2n) is 11.1. The number of benzene rings is 1. The van der Waals surface area contributed by atoms with Crippen molar-refractivity contribution in [3.05, 3.63) is 23.8 Å². The van der Waals surface area contributed by atoms with Gasteiger partial charge in [0.25, 0.3) is 5.91 Å². The average Bonchev–Trinajstić information content (AvgIpc) is 2.65. The predicted molar refractivity (Wildman–Crippen MR) is 131 cm³/mol. The number of carbonyl (C=O) groups excluding carboxylic acids is 2. The quantitative estimate of drug-likeness (QED) is 0.556. The summed E-state index contributed by atoms with van der Waals surface area (Å²) in [6.07, 6.45) is 3.75. The number of carbonyl (C=O) groups is 2. The van der Waals surface area contributed by atoms with E-state index in [1.165, 1.54) is 0 Å². The minimum Gasteiger partial charge on any atom is -0.371 e. The number of hydrogen-bond acceptors (Lipinski definition) is 3.